The molecule has 1 aromatic rings. The van der Waals surface area contributed by atoms with Gasteiger partial charge in [-0.1, -0.05) is 13.8 Å². The molecule has 4 rings (SSSR count). The Morgan fingerprint density at radius 1 is 1.24 bits per heavy atom. The molecule has 2 atom stereocenters. The number of pyridine rings is 1. The molecule has 3 aliphatic rings. The van der Waals surface area contributed by atoms with Gasteiger partial charge in [-0.2, -0.15) is 17.5 Å². The highest BCUT2D eigenvalue weighted by molar-refractivity contribution is 7.89. The SMILES string of the molecule is CC1(C)[C@@H]2CC[C@@]1(CS(=O)(=O)N1CCN(c3ncc(C(F)(F)F)cc3[N+](=O)[O-])CC1)C(=O)C2. The molecule has 33 heavy (non-hydrogen) atoms. The van der Waals surface area contributed by atoms with Gasteiger partial charge >= 0.3 is 11.9 Å². The van der Waals surface area contributed by atoms with Gasteiger partial charge in [0, 0.05) is 50.3 Å². The third-order valence-electron chi connectivity index (χ3n) is 7.87. The average molecular weight is 491 g/mol. The van der Waals surface area contributed by atoms with Crippen LogP contribution in [0.1, 0.15) is 38.7 Å². The van der Waals surface area contributed by atoms with Crippen molar-refractivity contribution >= 4 is 27.3 Å². The molecule has 3 fully saturated rings. The molecule has 0 N–H and O–H groups in total. The minimum absolute atomic E-state index is 0.00365. The third kappa shape index (κ3) is 3.78. The fraction of sp³-hybridized carbons (Fsp3) is 0.700. The monoisotopic (exact) mass is 490 g/mol. The zero-order valence-electron chi connectivity index (χ0n) is 18.3. The standard InChI is InChI=1S/C20H25F3N4O5S/c1-18(2)13-3-4-19(18,16(28)10-13)12-33(31,32)26-7-5-25(6-8-26)17-15(27(29)30)9-14(11-24-17)20(21,22)23/h9,11,13H,3-8,10,12H2,1-2H3/t13-,19-/m1/s1. The van der Waals surface area contributed by atoms with Crippen LogP contribution >= 0.6 is 0 Å². The molecule has 9 nitrogen and oxygen atoms in total. The number of anilines is 1. The third-order valence-corrected chi connectivity index (χ3v) is 9.88. The number of carbonyl (C=O) groups is 1. The number of piperazine rings is 1. The minimum atomic E-state index is -4.77. The first kappa shape index (κ1) is 23.9. The highest BCUT2D eigenvalue weighted by atomic mass is 32.2. The number of nitrogens with zero attached hydrogens (tertiary/aromatic N) is 4. The summed E-state index contributed by atoms with van der Waals surface area (Å²) in [5.74, 6) is -0.311. The lowest BCUT2D eigenvalue weighted by Crippen LogP contribution is -2.53. The van der Waals surface area contributed by atoms with Crippen molar-refractivity contribution in [2.75, 3.05) is 36.8 Å². The predicted molar refractivity (Wildman–Crippen MR) is 112 cm³/mol. The highest BCUT2D eigenvalue weighted by Crippen LogP contribution is 2.64. The molecule has 2 saturated carbocycles. The molecular weight excluding hydrogens is 465 g/mol. The number of sulfonamides is 1. The summed E-state index contributed by atoms with van der Waals surface area (Å²) in [5, 5.41) is 11.4. The van der Waals surface area contributed by atoms with E-state index < -0.39 is 43.2 Å². The van der Waals surface area contributed by atoms with Crippen molar-refractivity contribution in [2.45, 2.75) is 39.3 Å². The Kier molecular flexibility index (Phi) is 5.51. The van der Waals surface area contributed by atoms with E-state index in [4.69, 9.17) is 0 Å². The maximum Gasteiger partial charge on any atom is 0.418 e. The van der Waals surface area contributed by atoms with Gasteiger partial charge in [-0.25, -0.2) is 13.4 Å². The molecule has 1 aromatic heterocycles. The number of aromatic nitrogens is 1. The lowest BCUT2D eigenvalue weighted by molar-refractivity contribution is -0.384. The molecule has 182 valence electrons. The lowest BCUT2D eigenvalue weighted by atomic mass is 9.70. The summed E-state index contributed by atoms with van der Waals surface area (Å²) in [6.07, 6.45) is -2.46. The summed E-state index contributed by atoms with van der Waals surface area (Å²) in [7, 11) is -3.79. The van der Waals surface area contributed by atoms with E-state index in [9.17, 15) is 36.5 Å². The van der Waals surface area contributed by atoms with E-state index in [0.717, 1.165) is 6.42 Å². The van der Waals surface area contributed by atoms with Crippen LogP contribution in [-0.2, 0) is 21.0 Å². The van der Waals surface area contributed by atoms with E-state index in [1.807, 2.05) is 13.8 Å². The molecule has 2 bridgehead atoms. The second-order valence-electron chi connectivity index (χ2n) is 9.63. The van der Waals surface area contributed by atoms with E-state index in [1.54, 1.807) is 0 Å². The summed E-state index contributed by atoms with van der Waals surface area (Å²) >= 11 is 0. The van der Waals surface area contributed by atoms with Crippen molar-refractivity contribution < 1.29 is 31.3 Å². The first-order chi connectivity index (χ1) is 15.2. The fourth-order valence-electron chi connectivity index (χ4n) is 5.67. The van der Waals surface area contributed by atoms with Crippen molar-refractivity contribution in [2.24, 2.45) is 16.7 Å². The average Bonchev–Trinajstić information content (AvgIpc) is 3.07. The molecule has 0 spiro atoms. The van der Waals surface area contributed by atoms with Gasteiger partial charge in [-0.3, -0.25) is 14.9 Å². The fourth-order valence-corrected chi connectivity index (χ4v) is 7.87. The van der Waals surface area contributed by atoms with Crippen LogP contribution in [0.2, 0.25) is 0 Å². The summed E-state index contributed by atoms with van der Waals surface area (Å²) in [5.41, 5.74) is -3.31. The second kappa shape index (κ2) is 7.62. The lowest BCUT2D eigenvalue weighted by Gasteiger charge is -2.39. The molecule has 0 amide bonds. The first-order valence-corrected chi connectivity index (χ1v) is 12.3. The Labute approximate surface area is 189 Å². The molecule has 2 heterocycles. The van der Waals surface area contributed by atoms with Crippen LogP contribution in [0.4, 0.5) is 24.7 Å². The van der Waals surface area contributed by atoms with Crippen molar-refractivity contribution in [3.63, 3.8) is 0 Å². The van der Waals surface area contributed by atoms with Crippen molar-refractivity contribution in [3.05, 3.63) is 27.9 Å². The van der Waals surface area contributed by atoms with Gasteiger partial charge in [0.1, 0.15) is 5.78 Å². The summed E-state index contributed by atoms with van der Waals surface area (Å²) in [4.78, 5) is 28.2. The summed E-state index contributed by atoms with van der Waals surface area (Å²) < 4.78 is 66.5. The number of fused-ring (bicyclic) bond motifs is 2. The van der Waals surface area contributed by atoms with Gasteiger partial charge in [0.2, 0.25) is 15.8 Å². The number of halogens is 3. The number of carbonyl (C=O) groups excluding carboxylic acids is 1. The smallest absolute Gasteiger partial charge is 0.348 e. The van der Waals surface area contributed by atoms with Gasteiger partial charge in [0.15, 0.2) is 0 Å². The van der Waals surface area contributed by atoms with Gasteiger partial charge in [-0.05, 0) is 24.2 Å². The van der Waals surface area contributed by atoms with Crippen LogP contribution in [0.3, 0.4) is 0 Å². The molecule has 2 aliphatic carbocycles. The normalized spacial score (nSPS) is 27.8. The molecule has 1 aliphatic heterocycles. The van der Waals surface area contributed by atoms with E-state index in [2.05, 4.69) is 4.98 Å². The van der Waals surface area contributed by atoms with Crippen LogP contribution in [0.15, 0.2) is 12.3 Å². The second-order valence-corrected chi connectivity index (χ2v) is 11.6. The molecule has 13 heteroatoms. The highest BCUT2D eigenvalue weighted by Gasteiger charge is 2.65. The number of hydrogen-bond donors (Lipinski definition) is 0. The Bertz CT molecular complexity index is 1100. The van der Waals surface area contributed by atoms with Crippen LogP contribution in [0.25, 0.3) is 0 Å². The topological polar surface area (TPSA) is 114 Å². The van der Waals surface area contributed by atoms with Gasteiger partial charge in [-0.15, -0.1) is 0 Å². The molecule has 0 aromatic carbocycles. The number of Topliss-reactive ketones (excluding diaryl/α,β-unsaturated/α-hetero) is 1. The minimum Gasteiger partial charge on any atom is -0.348 e. The molecular formula is C20H25F3N4O5S. The van der Waals surface area contributed by atoms with Crippen LogP contribution in [0, 0.1) is 26.9 Å². The molecule has 1 saturated heterocycles. The zero-order valence-corrected chi connectivity index (χ0v) is 19.1. The maximum atomic E-state index is 13.2. The van der Waals surface area contributed by atoms with Crippen molar-refractivity contribution in [3.8, 4) is 0 Å². The zero-order chi connectivity index (χ0) is 24.4. The summed E-state index contributed by atoms with van der Waals surface area (Å²) in [6.45, 7) is 3.97. The van der Waals surface area contributed by atoms with E-state index >= 15 is 0 Å². The van der Waals surface area contributed by atoms with Crippen LogP contribution in [0.5, 0.6) is 0 Å². The Balaban J connectivity index is 1.50. The number of alkyl halides is 3. The quantitative estimate of drug-likeness (QED) is 0.461. The van der Waals surface area contributed by atoms with Crippen molar-refractivity contribution in [1.82, 2.24) is 9.29 Å². The molecule has 0 unspecified atom stereocenters. The van der Waals surface area contributed by atoms with Gasteiger partial charge < -0.3 is 4.90 Å². The van der Waals surface area contributed by atoms with E-state index in [-0.39, 0.29) is 49.5 Å². The van der Waals surface area contributed by atoms with Crippen molar-refractivity contribution in [1.29, 1.82) is 0 Å². The first-order valence-electron chi connectivity index (χ1n) is 10.7. The number of rotatable bonds is 5. The summed E-state index contributed by atoms with van der Waals surface area (Å²) in [6, 6.07) is 0.439. The number of hydrogen-bond acceptors (Lipinski definition) is 7. The van der Waals surface area contributed by atoms with Crippen LogP contribution < -0.4 is 4.90 Å². The Morgan fingerprint density at radius 2 is 1.88 bits per heavy atom. The number of nitro groups is 1. The molecule has 0 radical (unpaired) electrons. The van der Waals surface area contributed by atoms with Gasteiger partial charge in [0.25, 0.3) is 0 Å². The largest absolute Gasteiger partial charge is 0.418 e. The Hall–Kier alpha value is -2.28. The van der Waals surface area contributed by atoms with E-state index in [0.29, 0.717) is 25.1 Å². The van der Waals surface area contributed by atoms with E-state index in [1.165, 1.54) is 9.21 Å². The number of ketones is 1. The Morgan fingerprint density at radius 3 is 2.36 bits per heavy atom. The maximum absolute atomic E-state index is 13.2. The van der Waals surface area contributed by atoms with Gasteiger partial charge in [0.05, 0.1) is 16.2 Å². The predicted octanol–water partition coefficient (Wildman–Crippen LogP) is 2.86. The van der Waals surface area contributed by atoms with Crippen LogP contribution in [-0.4, -0.2) is 60.3 Å².